The average Bonchev–Trinajstić information content (AvgIpc) is 3.07. The number of aromatic nitrogens is 4. The molecule has 28 heavy (non-hydrogen) atoms. The van der Waals surface area contributed by atoms with Crippen molar-refractivity contribution in [2.45, 2.75) is 19.6 Å². The fourth-order valence-electron chi connectivity index (χ4n) is 3.41. The highest BCUT2D eigenvalue weighted by Gasteiger charge is 2.18. The standard InChI is InChI=1S/C20H23ClN6S/c21-17-4-3-6-19(14-17)25-12-10-24(11-13-25)16-27-20(28)26(15-23-27)9-7-18-5-1-2-8-22-18/h1-6,8,14-15H,7,9-13,16H2. The van der Waals surface area contributed by atoms with Gasteiger partial charge in [0.1, 0.15) is 6.33 Å². The van der Waals surface area contributed by atoms with Gasteiger partial charge in [0.2, 0.25) is 0 Å². The molecule has 0 bridgehead atoms. The quantitative estimate of drug-likeness (QED) is 0.577. The zero-order valence-electron chi connectivity index (χ0n) is 15.6. The molecule has 0 unspecified atom stereocenters. The van der Waals surface area contributed by atoms with Crippen LogP contribution in [0.5, 0.6) is 0 Å². The van der Waals surface area contributed by atoms with Crippen LogP contribution in [0.4, 0.5) is 5.69 Å². The Hall–Kier alpha value is -2.22. The third-order valence-electron chi connectivity index (χ3n) is 5.01. The molecule has 3 heterocycles. The first kappa shape index (κ1) is 19.1. The van der Waals surface area contributed by atoms with Crippen molar-refractivity contribution < 1.29 is 0 Å². The van der Waals surface area contributed by atoms with Crippen molar-refractivity contribution in [2.75, 3.05) is 31.1 Å². The zero-order valence-corrected chi connectivity index (χ0v) is 17.2. The van der Waals surface area contributed by atoms with E-state index in [2.05, 4.69) is 25.9 Å². The van der Waals surface area contributed by atoms with Crippen molar-refractivity contribution in [3.8, 4) is 0 Å². The molecule has 0 aliphatic carbocycles. The summed E-state index contributed by atoms with van der Waals surface area (Å²) in [6.07, 6.45) is 4.49. The Morgan fingerprint density at radius 3 is 2.64 bits per heavy atom. The largest absolute Gasteiger partial charge is 0.369 e. The van der Waals surface area contributed by atoms with E-state index in [1.807, 2.05) is 58.2 Å². The molecule has 8 heteroatoms. The van der Waals surface area contributed by atoms with E-state index in [0.29, 0.717) is 0 Å². The first-order valence-corrected chi connectivity index (χ1v) is 10.2. The van der Waals surface area contributed by atoms with Crippen LogP contribution >= 0.6 is 23.8 Å². The van der Waals surface area contributed by atoms with E-state index in [9.17, 15) is 0 Å². The Morgan fingerprint density at radius 2 is 1.89 bits per heavy atom. The van der Waals surface area contributed by atoms with Crippen LogP contribution in [0.3, 0.4) is 0 Å². The summed E-state index contributed by atoms with van der Waals surface area (Å²) in [7, 11) is 0. The van der Waals surface area contributed by atoms with Gasteiger partial charge in [-0.05, 0) is 42.5 Å². The summed E-state index contributed by atoms with van der Waals surface area (Å²) >= 11 is 11.7. The maximum absolute atomic E-state index is 6.12. The molecule has 6 nitrogen and oxygen atoms in total. The maximum Gasteiger partial charge on any atom is 0.198 e. The molecule has 1 saturated heterocycles. The monoisotopic (exact) mass is 414 g/mol. The highest BCUT2D eigenvalue weighted by Crippen LogP contribution is 2.20. The minimum absolute atomic E-state index is 0.721. The molecule has 0 atom stereocenters. The SMILES string of the molecule is S=c1n(CCc2ccccn2)cnn1CN1CCN(c2cccc(Cl)c2)CC1. The van der Waals surface area contributed by atoms with Crippen LogP contribution < -0.4 is 4.90 Å². The van der Waals surface area contributed by atoms with Gasteiger partial charge in [-0.1, -0.05) is 23.7 Å². The van der Waals surface area contributed by atoms with Crippen LogP contribution in [-0.2, 0) is 19.6 Å². The van der Waals surface area contributed by atoms with Crippen LogP contribution in [0.25, 0.3) is 0 Å². The molecule has 1 aliphatic rings. The van der Waals surface area contributed by atoms with Gasteiger partial charge in [0.25, 0.3) is 0 Å². The number of pyridine rings is 1. The molecule has 1 aliphatic heterocycles. The lowest BCUT2D eigenvalue weighted by Gasteiger charge is -2.35. The van der Waals surface area contributed by atoms with Gasteiger partial charge >= 0.3 is 0 Å². The number of halogens is 1. The molecule has 1 fully saturated rings. The molecule has 4 rings (SSSR count). The summed E-state index contributed by atoms with van der Waals surface area (Å²) in [5.74, 6) is 0. The van der Waals surface area contributed by atoms with Crippen molar-refractivity contribution in [2.24, 2.45) is 0 Å². The average molecular weight is 415 g/mol. The van der Waals surface area contributed by atoms with Crippen molar-refractivity contribution in [1.29, 1.82) is 0 Å². The van der Waals surface area contributed by atoms with Crippen molar-refractivity contribution >= 4 is 29.5 Å². The number of hydrogen-bond acceptors (Lipinski definition) is 5. The molecular weight excluding hydrogens is 392 g/mol. The lowest BCUT2D eigenvalue weighted by atomic mass is 10.2. The van der Waals surface area contributed by atoms with Gasteiger partial charge < -0.3 is 9.47 Å². The molecule has 146 valence electrons. The Balaban J connectivity index is 1.32. The number of anilines is 1. The molecule has 1 aromatic carbocycles. The molecule has 2 aromatic heterocycles. The van der Waals surface area contributed by atoms with E-state index >= 15 is 0 Å². The Bertz CT molecular complexity index is 962. The third kappa shape index (κ3) is 4.60. The predicted molar refractivity (Wildman–Crippen MR) is 114 cm³/mol. The molecule has 0 radical (unpaired) electrons. The molecular formula is C20H23ClN6S. The number of rotatable bonds is 6. The molecule has 3 aromatic rings. The van der Waals surface area contributed by atoms with E-state index in [1.54, 1.807) is 0 Å². The number of hydrogen-bond donors (Lipinski definition) is 0. The van der Waals surface area contributed by atoms with Crippen LogP contribution in [0.2, 0.25) is 5.02 Å². The highest BCUT2D eigenvalue weighted by molar-refractivity contribution is 7.71. The van der Waals surface area contributed by atoms with E-state index in [-0.39, 0.29) is 0 Å². The number of nitrogens with zero attached hydrogens (tertiary/aromatic N) is 6. The van der Waals surface area contributed by atoms with Crippen molar-refractivity contribution in [1.82, 2.24) is 24.2 Å². The Morgan fingerprint density at radius 1 is 1.04 bits per heavy atom. The van der Waals surface area contributed by atoms with Crippen molar-refractivity contribution in [3.63, 3.8) is 0 Å². The van der Waals surface area contributed by atoms with Gasteiger partial charge in [0, 0.05) is 61.7 Å². The zero-order chi connectivity index (χ0) is 19.3. The minimum atomic E-state index is 0.721. The molecule has 0 amide bonds. The normalized spacial score (nSPS) is 15.1. The lowest BCUT2D eigenvalue weighted by molar-refractivity contribution is 0.194. The first-order valence-electron chi connectivity index (χ1n) is 9.44. The number of aryl methyl sites for hydroxylation is 2. The first-order chi connectivity index (χ1) is 13.7. The predicted octanol–water partition coefficient (Wildman–Crippen LogP) is 3.48. The second-order valence-electron chi connectivity index (χ2n) is 6.90. The topological polar surface area (TPSA) is 42.1 Å². The second kappa shape index (κ2) is 8.86. The summed E-state index contributed by atoms with van der Waals surface area (Å²) in [5.41, 5.74) is 2.25. The van der Waals surface area contributed by atoms with Gasteiger partial charge in [-0.15, -0.1) is 0 Å². The van der Waals surface area contributed by atoms with Crippen LogP contribution in [-0.4, -0.2) is 50.4 Å². The highest BCUT2D eigenvalue weighted by atomic mass is 35.5. The van der Waals surface area contributed by atoms with Crippen LogP contribution in [0.1, 0.15) is 5.69 Å². The Kier molecular flexibility index (Phi) is 6.04. The fourth-order valence-corrected chi connectivity index (χ4v) is 3.84. The van der Waals surface area contributed by atoms with Gasteiger partial charge in [0.15, 0.2) is 4.77 Å². The Labute approximate surface area is 175 Å². The summed E-state index contributed by atoms with van der Waals surface area (Å²) in [5, 5.41) is 5.27. The maximum atomic E-state index is 6.12. The van der Waals surface area contributed by atoms with E-state index < -0.39 is 0 Å². The summed E-state index contributed by atoms with van der Waals surface area (Å²) < 4.78 is 4.68. The molecule has 0 saturated carbocycles. The molecule has 0 spiro atoms. The second-order valence-corrected chi connectivity index (χ2v) is 7.71. The van der Waals surface area contributed by atoms with E-state index in [4.69, 9.17) is 23.8 Å². The summed E-state index contributed by atoms with van der Waals surface area (Å²) in [4.78, 5) is 9.12. The lowest BCUT2D eigenvalue weighted by Crippen LogP contribution is -2.47. The molecule has 0 N–H and O–H groups in total. The van der Waals surface area contributed by atoms with Crippen LogP contribution in [0, 0.1) is 4.77 Å². The third-order valence-corrected chi connectivity index (χ3v) is 5.69. The summed E-state index contributed by atoms with van der Waals surface area (Å²) in [6, 6.07) is 14.0. The minimum Gasteiger partial charge on any atom is -0.369 e. The fraction of sp³-hybridized carbons (Fsp3) is 0.350. The van der Waals surface area contributed by atoms with E-state index in [1.165, 1.54) is 5.69 Å². The smallest absolute Gasteiger partial charge is 0.198 e. The van der Waals surface area contributed by atoms with Gasteiger partial charge in [0.05, 0.1) is 6.67 Å². The van der Waals surface area contributed by atoms with Gasteiger partial charge in [-0.3, -0.25) is 9.88 Å². The number of piperazine rings is 1. The van der Waals surface area contributed by atoms with Gasteiger partial charge in [-0.25, -0.2) is 4.68 Å². The number of benzene rings is 1. The van der Waals surface area contributed by atoms with Crippen LogP contribution in [0.15, 0.2) is 55.0 Å². The van der Waals surface area contributed by atoms with E-state index in [0.717, 1.165) is 61.3 Å². The van der Waals surface area contributed by atoms with Gasteiger partial charge in [-0.2, -0.15) is 5.10 Å². The summed E-state index contributed by atoms with van der Waals surface area (Å²) in [6.45, 7) is 5.38. The van der Waals surface area contributed by atoms with Crippen molar-refractivity contribution in [3.05, 3.63) is 70.5 Å².